The summed E-state index contributed by atoms with van der Waals surface area (Å²) in [5.74, 6) is -1.07. The van der Waals surface area contributed by atoms with Crippen molar-refractivity contribution in [1.29, 1.82) is 0 Å². The lowest BCUT2D eigenvalue weighted by atomic mass is 9.87. The molecule has 1 aromatic carbocycles. The van der Waals surface area contributed by atoms with Crippen LogP contribution in [0.25, 0.3) is 0 Å². The van der Waals surface area contributed by atoms with Gasteiger partial charge in [-0.25, -0.2) is 18.6 Å². The molecule has 0 spiro atoms. The van der Waals surface area contributed by atoms with Crippen LogP contribution in [0.2, 0.25) is 0 Å². The lowest BCUT2D eigenvalue weighted by Crippen LogP contribution is -2.23. The zero-order chi connectivity index (χ0) is 23.5. The third-order valence-corrected chi connectivity index (χ3v) is 5.09. The summed E-state index contributed by atoms with van der Waals surface area (Å²) in [5, 5.41) is -1.22. The Balaban J connectivity index is 2.98. The molecule has 1 atom stereocenters. The van der Waals surface area contributed by atoms with E-state index in [1.54, 1.807) is 26.0 Å². The molecule has 0 fully saturated rings. The van der Waals surface area contributed by atoms with Crippen molar-refractivity contribution in [3.8, 4) is 5.75 Å². The number of methoxy groups -OCH3 is 2. The van der Waals surface area contributed by atoms with Crippen LogP contribution < -0.4 is 4.74 Å². The first-order valence-corrected chi connectivity index (χ1v) is 9.76. The Morgan fingerprint density at radius 1 is 1.19 bits per heavy atom. The van der Waals surface area contributed by atoms with E-state index in [1.165, 1.54) is 19.2 Å². The number of hydrogen-bond donors (Lipinski definition) is 1. The van der Waals surface area contributed by atoms with Crippen molar-refractivity contribution < 1.29 is 36.2 Å². The molecule has 0 bridgehead atoms. The number of alkyl halides is 5. The number of carbonyl (C=O) groups excluding carboxylic acids is 1. The van der Waals surface area contributed by atoms with Crippen LogP contribution >= 0.6 is 12.6 Å². The fourth-order valence-electron chi connectivity index (χ4n) is 3.27. The van der Waals surface area contributed by atoms with E-state index in [9.17, 15) is 26.7 Å². The standard InChI is InChI=1S/C21H22F5NO3S/c1-10(2)8-13-14(20(28)30-4)16(19(22)23)27-18(21(24,25)26)15(13)17(31)11-6-5-7-12(9-11)29-3/h5-7,9-10,17,19,31H,8H2,1-4H3. The fraction of sp³-hybridized carbons (Fsp3) is 0.429. The molecule has 0 saturated heterocycles. The summed E-state index contributed by atoms with van der Waals surface area (Å²) < 4.78 is 79.0. The van der Waals surface area contributed by atoms with E-state index >= 15 is 0 Å². The third-order valence-electron chi connectivity index (χ3n) is 4.53. The Morgan fingerprint density at radius 2 is 1.84 bits per heavy atom. The summed E-state index contributed by atoms with van der Waals surface area (Å²) in [6.45, 7) is 3.39. The van der Waals surface area contributed by atoms with Gasteiger partial charge < -0.3 is 9.47 Å². The van der Waals surface area contributed by atoms with Gasteiger partial charge in [-0.05, 0) is 35.6 Å². The smallest absolute Gasteiger partial charge is 0.433 e. The van der Waals surface area contributed by atoms with Gasteiger partial charge in [0.2, 0.25) is 0 Å². The van der Waals surface area contributed by atoms with Crippen LogP contribution in [-0.2, 0) is 17.3 Å². The monoisotopic (exact) mass is 463 g/mol. The number of carbonyl (C=O) groups is 1. The molecule has 170 valence electrons. The number of thiol groups is 1. The lowest BCUT2D eigenvalue weighted by molar-refractivity contribution is -0.142. The zero-order valence-corrected chi connectivity index (χ0v) is 18.2. The highest BCUT2D eigenvalue weighted by molar-refractivity contribution is 7.80. The van der Waals surface area contributed by atoms with Crippen molar-refractivity contribution in [2.75, 3.05) is 14.2 Å². The largest absolute Gasteiger partial charge is 0.497 e. The summed E-state index contributed by atoms with van der Waals surface area (Å²) in [6, 6.07) is 6.17. The molecule has 31 heavy (non-hydrogen) atoms. The van der Waals surface area contributed by atoms with Gasteiger partial charge in [-0.2, -0.15) is 25.8 Å². The Morgan fingerprint density at radius 3 is 2.32 bits per heavy atom. The second kappa shape index (κ2) is 9.84. The van der Waals surface area contributed by atoms with Crippen molar-refractivity contribution in [1.82, 2.24) is 4.98 Å². The summed E-state index contributed by atoms with van der Waals surface area (Å²) in [6.07, 6.45) is -8.56. The molecule has 4 nitrogen and oxygen atoms in total. The second-order valence-electron chi connectivity index (χ2n) is 7.18. The van der Waals surface area contributed by atoms with Crippen LogP contribution in [0, 0.1) is 5.92 Å². The molecule has 1 unspecified atom stereocenters. The van der Waals surface area contributed by atoms with E-state index in [-0.39, 0.29) is 17.9 Å². The Bertz CT molecular complexity index is 947. The van der Waals surface area contributed by atoms with E-state index in [1.807, 2.05) is 0 Å². The molecule has 0 aliphatic rings. The number of benzene rings is 1. The molecular formula is C21H22F5NO3S. The molecule has 2 rings (SSSR count). The molecule has 1 heterocycles. The van der Waals surface area contributed by atoms with Crippen molar-refractivity contribution in [3.63, 3.8) is 0 Å². The van der Waals surface area contributed by atoms with Gasteiger partial charge >= 0.3 is 12.1 Å². The summed E-state index contributed by atoms with van der Waals surface area (Å²) in [5.41, 5.74) is -3.76. The fourth-order valence-corrected chi connectivity index (χ4v) is 3.70. The Kier molecular flexibility index (Phi) is 7.91. The first kappa shape index (κ1) is 24.9. The number of pyridine rings is 1. The van der Waals surface area contributed by atoms with Crippen molar-refractivity contribution >= 4 is 18.6 Å². The molecule has 1 aromatic heterocycles. The first-order chi connectivity index (χ1) is 14.4. The lowest BCUT2D eigenvalue weighted by Gasteiger charge is -2.25. The number of halogens is 5. The van der Waals surface area contributed by atoms with Gasteiger partial charge in [0.25, 0.3) is 6.43 Å². The van der Waals surface area contributed by atoms with Crippen LogP contribution in [0.4, 0.5) is 22.0 Å². The number of nitrogens with zero attached hydrogens (tertiary/aromatic N) is 1. The quantitative estimate of drug-likeness (QED) is 0.309. The number of rotatable bonds is 7. The Hall–Kier alpha value is -2.36. The molecule has 0 amide bonds. The summed E-state index contributed by atoms with van der Waals surface area (Å²) >= 11 is 4.38. The molecule has 0 aliphatic heterocycles. The molecular weight excluding hydrogens is 441 g/mol. The third kappa shape index (κ3) is 5.47. The van der Waals surface area contributed by atoms with Crippen LogP contribution in [0.1, 0.15) is 64.0 Å². The second-order valence-corrected chi connectivity index (χ2v) is 7.70. The maximum atomic E-state index is 14.0. The van der Waals surface area contributed by atoms with Gasteiger partial charge in [-0.1, -0.05) is 26.0 Å². The minimum atomic E-state index is -5.06. The molecule has 0 aliphatic carbocycles. The van der Waals surface area contributed by atoms with Crippen molar-refractivity contribution in [3.05, 3.63) is 57.9 Å². The van der Waals surface area contributed by atoms with Gasteiger partial charge in [0.1, 0.15) is 17.1 Å². The molecule has 2 aromatic rings. The van der Waals surface area contributed by atoms with Crippen molar-refractivity contribution in [2.24, 2.45) is 5.92 Å². The minimum absolute atomic E-state index is 0.0912. The van der Waals surface area contributed by atoms with E-state index in [4.69, 9.17) is 4.74 Å². The maximum absolute atomic E-state index is 14.0. The Labute approximate surface area is 182 Å². The van der Waals surface area contributed by atoms with Crippen LogP contribution in [-0.4, -0.2) is 25.2 Å². The normalized spacial score (nSPS) is 12.9. The highest BCUT2D eigenvalue weighted by Crippen LogP contribution is 2.44. The summed E-state index contributed by atoms with van der Waals surface area (Å²) in [4.78, 5) is 15.6. The average molecular weight is 463 g/mol. The average Bonchev–Trinajstić information content (AvgIpc) is 2.70. The van der Waals surface area contributed by atoms with Crippen LogP contribution in [0.3, 0.4) is 0 Å². The predicted octanol–water partition coefficient (Wildman–Crippen LogP) is 6.05. The molecule has 0 saturated carbocycles. The van der Waals surface area contributed by atoms with E-state index in [0.717, 1.165) is 7.11 Å². The van der Waals surface area contributed by atoms with Crippen molar-refractivity contribution in [2.45, 2.75) is 38.1 Å². The van der Waals surface area contributed by atoms with Gasteiger partial charge in [0.15, 0.2) is 0 Å². The number of ether oxygens (including phenoxy) is 2. The highest BCUT2D eigenvalue weighted by Gasteiger charge is 2.42. The van der Waals surface area contributed by atoms with E-state index < -0.39 is 46.3 Å². The van der Waals surface area contributed by atoms with Gasteiger partial charge in [-0.15, -0.1) is 0 Å². The number of esters is 1. The van der Waals surface area contributed by atoms with Gasteiger partial charge in [-0.3, -0.25) is 0 Å². The minimum Gasteiger partial charge on any atom is -0.497 e. The number of hydrogen-bond acceptors (Lipinski definition) is 5. The SMILES string of the molecule is COC(=O)c1c(C(F)F)nc(C(F)(F)F)c(C(S)c2cccc(OC)c2)c1CC(C)C. The van der Waals surface area contributed by atoms with E-state index in [2.05, 4.69) is 22.3 Å². The topological polar surface area (TPSA) is 48.4 Å². The maximum Gasteiger partial charge on any atom is 0.433 e. The highest BCUT2D eigenvalue weighted by atomic mass is 32.1. The molecule has 0 N–H and O–H groups in total. The predicted molar refractivity (Wildman–Crippen MR) is 108 cm³/mol. The van der Waals surface area contributed by atoms with Crippen LogP contribution in [0.15, 0.2) is 24.3 Å². The summed E-state index contributed by atoms with van der Waals surface area (Å²) in [7, 11) is 2.36. The first-order valence-electron chi connectivity index (χ1n) is 9.24. The zero-order valence-electron chi connectivity index (χ0n) is 17.3. The molecule has 0 radical (unpaired) electrons. The van der Waals surface area contributed by atoms with Crippen LogP contribution in [0.5, 0.6) is 5.75 Å². The van der Waals surface area contributed by atoms with Gasteiger partial charge in [0, 0.05) is 5.56 Å². The number of aromatic nitrogens is 1. The van der Waals surface area contributed by atoms with E-state index in [0.29, 0.717) is 11.3 Å². The van der Waals surface area contributed by atoms with Gasteiger partial charge in [0.05, 0.1) is 25.0 Å². The molecule has 10 heteroatoms.